The van der Waals surface area contributed by atoms with Crippen LogP contribution in [0.5, 0.6) is 0 Å². The van der Waals surface area contributed by atoms with Crippen LogP contribution in [0.15, 0.2) is 0 Å². The van der Waals surface area contributed by atoms with Crippen molar-refractivity contribution >= 4 is 62.7 Å². The molecule has 0 spiro atoms. The molecule has 0 aromatic rings. The average molecular weight is 560 g/mol. The highest BCUT2D eigenvalue weighted by molar-refractivity contribution is 14.0. The first-order chi connectivity index (χ1) is 8.12. The van der Waals surface area contributed by atoms with Gasteiger partial charge in [-0.05, 0) is 26.2 Å². The monoisotopic (exact) mass is 560 g/mol. The van der Waals surface area contributed by atoms with E-state index in [1.165, 1.54) is 0 Å². The molecule has 0 atom stereocenters. The summed E-state index contributed by atoms with van der Waals surface area (Å²) < 4.78 is 30.7. The molecule has 0 aliphatic rings. The summed E-state index contributed by atoms with van der Waals surface area (Å²) in [5, 5.41) is 0. The van der Waals surface area contributed by atoms with Crippen molar-refractivity contribution in [1.29, 1.82) is 0 Å². The lowest BCUT2D eigenvalue weighted by atomic mass is 10.5. The van der Waals surface area contributed by atoms with Crippen molar-refractivity contribution in [2.45, 2.75) is 26.7 Å². The first kappa shape index (κ1) is 29.7. The Morgan fingerprint density at radius 2 is 1.20 bits per heavy atom. The van der Waals surface area contributed by atoms with Gasteiger partial charge in [0.15, 0.2) is 0 Å². The number of halogens is 2. The zero-order chi connectivity index (χ0) is 14.7. The number of rotatable bonds is 8. The van der Waals surface area contributed by atoms with Crippen LogP contribution >= 0.6 is 62.7 Å². The molecule has 0 heterocycles. The molecule has 0 unspecified atom stereocenters. The molecule has 0 aromatic carbocycles. The van der Waals surface area contributed by atoms with Crippen molar-refractivity contribution in [3.8, 4) is 0 Å². The standard InChI is InChI=1S/C6H15O2P.C4H11O4P.2HI/c1-4-5-8-6-9(2,3)7;1-2-3-8-4-9(5,6)7;;/h4-6H2,1-3H3;2-4H2,1H3,(H2,5,6,7);2*1H. The molecule has 0 aromatic heterocycles. The fourth-order valence-electron chi connectivity index (χ4n) is 0.757. The van der Waals surface area contributed by atoms with Crippen LogP contribution < -0.4 is 0 Å². The van der Waals surface area contributed by atoms with Crippen LogP contribution in [0, 0.1) is 0 Å². The van der Waals surface area contributed by atoms with Gasteiger partial charge in [-0.2, -0.15) is 0 Å². The molecule has 0 saturated carbocycles. The lowest BCUT2D eigenvalue weighted by Gasteiger charge is -2.05. The van der Waals surface area contributed by atoms with Crippen molar-refractivity contribution in [1.82, 2.24) is 0 Å². The number of ether oxygens (including phenoxy) is 2. The summed E-state index contributed by atoms with van der Waals surface area (Å²) in [5.74, 6) is 0. The third kappa shape index (κ3) is 36.7. The fourth-order valence-corrected chi connectivity index (χ4v) is 1.69. The molecule has 0 fully saturated rings. The van der Waals surface area contributed by atoms with Gasteiger partial charge in [-0.3, -0.25) is 4.57 Å². The van der Waals surface area contributed by atoms with E-state index in [1.807, 2.05) is 13.8 Å². The van der Waals surface area contributed by atoms with Crippen molar-refractivity contribution in [2.24, 2.45) is 0 Å². The molecule has 0 rings (SSSR count). The summed E-state index contributed by atoms with van der Waals surface area (Å²) in [6.07, 6.45) is 1.75. The minimum atomic E-state index is -3.92. The van der Waals surface area contributed by atoms with E-state index in [2.05, 4.69) is 4.74 Å². The van der Waals surface area contributed by atoms with Gasteiger partial charge in [0.1, 0.15) is 13.5 Å². The topological polar surface area (TPSA) is 93.1 Å². The van der Waals surface area contributed by atoms with Gasteiger partial charge in [-0.25, -0.2) is 0 Å². The smallest absolute Gasteiger partial charge is 0.350 e. The van der Waals surface area contributed by atoms with Crippen molar-refractivity contribution < 1.29 is 28.4 Å². The van der Waals surface area contributed by atoms with Crippen molar-refractivity contribution in [3.63, 3.8) is 0 Å². The van der Waals surface area contributed by atoms with E-state index < -0.39 is 21.1 Å². The average Bonchev–Trinajstić information content (AvgIpc) is 2.16. The molecule has 20 heavy (non-hydrogen) atoms. The molecular weight excluding hydrogens is 532 g/mol. The minimum Gasteiger partial charge on any atom is -0.374 e. The molecule has 0 radical (unpaired) electrons. The normalized spacial score (nSPS) is 10.7. The maximum Gasteiger partial charge on any atom is 0.350 e. The fraction of sp³-hybridized carbons (Fsp3) is 1.00. The van der Waals surface area contributed by atoms with Crippen molar-refractivity contribution in [2.75, 3.05) is 39.2 Å². The van der Waals surface area contributed by atoms with Gasteiger partial charge >= 0.3 is 7.60 Å². The Labute approximate surface area is 156 Å². The highest BCUT2D eigenvalue weighted by atomic mass is 127. The van der Waals surface area contributed by atoms with E-state index >= 15 is 0 Å². The molecule has 128 valence electrons. The molecule has 0 saturated heterocycles. The summed E-state index contributed by atoms with van der Waals surface area (Å²) in [4.78, 5) is 16.5. The molecule has 0 aliphatic carbocycles. The van der Waals surface area contributed by atoms with Gasteiger partial charge < -0.3 is 23.8 Å². The predicted octanol–water partition coefficient (Wildman–Crippen LogP) is 3.78. The summed E-state index contributed by atoms with van der Waals surface area (Å²) in [7, 11) is -5.84. The van der Waals surface area contributed by atoms with Gasteiger partial charge in [0, 0.05) is 13.2 Å². The van der Waals surface area contributed by atoms with E-state index in [0.717, 1.165) is 19.4 Å². The van der Waals surface area contributed by atoms with E-state index in [4.69, 9.17) is 14.5 Å². The van der Waals surface area contributed by atoms with E-state index in [1.54, 1.807) is 13.3 Å². The second-order valence-corrected chi connectivity index (χ2v) is 9.31. The van der Waals surface area contributed by atoms with Crippen LogP contribution in [-0.4, -0.2) is 49.0 Å². The largest absolute Gasteiger partial charge is 0.374 e. The van der Waals surface area contributed by atoms with Gasteiger partial charge in [0.25, 0.3) is 0 Å². The predicted molar refractivity (Wildman–Crippen MR) is 105 cm³/mol. The zero-order valence-corrected chi connectivity index (χ0v) is 18.9. The molecule has 2 N–H and O–H groups in total. The Morgan fingerprint density at radius 3 is 1.45 bits per heavy atom. The quantitative estimate of drug-likeness (QED) is 0.267. The number of hydrogen-bond donors (Lipinski definition) is 2. The highest BCUT2D eigenvalue weighted by Gasteiger charge is 2.11. The van der Waals surface area contributed by atoms with Crippen molar-refractivity contribution in [3.05, 3.63) is 0 Å². The van der Waals surface area contributed by atoms with E-state index in [-0.39, 0.29) is 48.0 Å². The Hall–Kier alpha value is 1.76. The lowest BCUT2D eigenvalue weighted by Crippen LogP contribution is -1.95. The van der Waals surface area contributed by atoms with Crippen LogP contribution in [0.2, 0.25) is 0 Å². The van der Waals surface area contributed by atoms with Crippen LogP contribution in [0.3, 0.4) is 0 Å². The van der Waals surface area contributed by atoms with E-state index in [9.17, 15) is 9.13 Å². The van der Waals surface area contributed by atoms with Gasteiger partial charge in [0.05, 0.1) is 6.35 Å². The summed E-state index contributed by atoms with van der Waals surface area (Å²) in [6, 6.07) is 0. The van der Waals surface area contributed by atoms with Crippen LogP contribution in [0.1, 0.15) is 26.7 Å². The SMILES string of the molecule is CCCOCP(=O)(O)O.CCCOCP(C)(C)=O.I.I. The molecule has 0 aliphatic heterocycles. The molecule has 10 heteroatoms. The summed E-state index contributed by atoms with van der Waals surface area (Å²) in [6.45, 7) is 8.53. The van der Waals surface area contributed by atoms with Crippen LogP contribution in [-0.2, 0) is 18.6 Å². The summed E-state index contributed by atoms with van der Waals surface area (Å²) in [5.41, 5.74) is 0. The zero-order valence-electron chi connectivity index (χ0n) is 12.5. The Morgan fingerprint density at radius 1 is 0.850 bits per heavy atom. The third-order valence-corrected chi connectivity index (χ3v) is 2.68. The Kier molecular flexibility index (Phi) is 25.4. The van der Waals surface area contributed by atoms with Gasteiger partial charge in [-0.1, -0.05) is 13.8 Å². The molecule has 0 bridgehead atoms. The van der Waals surface area contributed by atoms with Crippen LogP contribution in [0.4, 0.5) is 0 Å². The Balaban J connectivity index is -0.000000116. The second-order valence-electron chi connectivity index (χ2n) is 4.31. The van der Waals surface area contributed by atoms with E-state index in [0.29, 0.717) is 13.0 Å². The van der Waals surface area contributed by atoms with Gasteiger partial charge in [0.2, 0.25) is 0 Å². The number of hydrogen-bond acceptors (Lipinski definition) is 4. The first-order valence-electron chi connectivity index (χ1n) is 5.86. The minimum absolute atomic E-state index is 0. The first-order valence-corrected chi connectivity index (χ1v) is 10.4. The maximum absolute atomic E-state index is 11.0. The molecule has 0 amide bonds. The maximum atomic E-state index is 11.0. The van der Waals surface area contributed by atoms with Gasteiger partial charge in [-0.15, -0.1) is 48.0 Å². The molecule has 6 nitrogen and oxygen atoms in total. The Bertz CT molecular complexity index is 251. The molecular formula is C10H28I2O6P2. The highest BCUT2D eigenvalue weighted by Crippen LogP contribution is 2.35. The second kappa shape index (κ2) is 17.1. The lowest BCUT2D eigenvalue weighted by molar-refractivity contribution is 0.157. The van der Waals surface area contributed by atoms with Crippen LogP contribution in [0.25, 0.3) is 0 Å². The third-order valence-electron chi connectivity index (χ3n) is 1.36. The summed E-state index contributed by atoms with van der Waals surface area (Å²) >= 11 is 0.